The summed E-state index contributed by atoms with van der Waals surface area (Å²) in [7, 11) is -1.84. The highest BCUT2D eigenvalue weighted by atomic mass is 32.2. The zero-order valence-corrected chi connectivity index (χ0v) is 11.2. The molecule has 6 heteroatoms. The fourth-order valence-corrected chi connectivity index (χ4v) is 3.57. The van der Waals surface area contributed by atoms with E-state index in [9.17, 15) is 13.5 Å². The van der Waals surface area contributed by atoms with Gasteiger partial charge in [0.05, 0.1) is 11.4 Å². The molecule has 0 bridgehead atoms. The first kappa shape index (κ1) is 13.2. The minimum Gasteiger partial charge on any atom is -0.508 e. The molecule has 1 heterocycles. The number of nitrogens with zero attached hydrogens (tertiary/aromatic N) is 1. The van der Waals surface area contributed by atoms with Crippen molar-refractivity contribution in [2.24, 2.45) is 0 Å². The molecule has 1 aromatic carbocycles. The van der Waals surface area contributed by atoms with Crippen LogP contribution in [-0.2, 0) is 10.0 Å². The topological polar surface area (TPSA) is 69.6 Å². The monoisotopic (exact) mass is 270 g/mol. The van der Waals surface area contributed by atoms with Gasteiger partial charge in [-0.05, 0) is 31.5 Å². The van der Waals surface area contributed by atoms with Gasteiger partial charge in [-0.3, -0.25) is 4.31 Å². The van der Waals surface area contributed by atoms with Crippen molar-refractivity contribution >= 4 is 15.7 Å². The number of rotatable bonds is 4. The van der Waals surface area contributed by atoms with Crippen molar-refractivity contribution in [2.75, 3.05) is 23.7 Å². The van der Waals surface area contributed by atoms with Gasteiger partial charge in [0.15, 0.2) is 0 Å². The van der Waals surface area contributed by atoms with E-state index >= 15 is 0 Å². The van der Waals surface area contributed by atoms with Crippen molar-refractivity contribution in [3.05, 3.63) is 24.3 Å². The Morgan fingerprint density at radius 3 is 2.89 bits per heavy atom. The Labute approximate surface area is 107 Å². The lowest BCUT2D eigenvalue weighted by atomic mass is 10.3. The second-order valence-corrected chi connectivity index (χ2v) is 6.60. The van der Waals surface area contributed by atoms with Crippen LogP contribution in [0.15, 0.2) is 24.3 Å². The number of anilines is 1. The predicted octanol–water partition coefficient (Wildman–Crippen LogP) is 0.910. The summed E-state index contributed by atoms with van der Waals surface area (Å²) in [6, 6.07) is 6.29. The van der Waals surface area contributed by atoms with Gasteiger partial charge in [0, 0.05) is 19.2 Å². The molecule has 1 unspecified atom stereocenters. The number of hydrogen-bond donors (Lipinski definition) is 2. The van der Waals surface area contributed by atoms with E-state index in [1.165, 1.54) is 23.5 Å². The maximum Gasteiger partial charge on any atom is 0.236 e. The molecule has 1 aliphatic heterocycles. The molecule has 100 valence electrons. The van der Waals surface area contributed by atoms with Crippen LogP contribution in [0.25, 0.3) is 0 Å². The molecule has 1 aliphatic rings. The normalized spacial score (nSPS) is 19.9. The average Bonchev–Trinajstić information content (AvgIpc) is 2.80. The lowest BCUT2D eigenvalue weighted by Gasteiger charge is -2.21. The maximum absolute atomic E-state index is 12.2. The van der Waals surface area contributed by atoms with Gasteiger partial charge >= 0.3 is 0 Å². The zero-order valence-electron chi connectivity index (χ0n) is 10.3. The summed E-state index contributed by atoms with van der Waals surface area (Å²) in [4.78, 5) is 0. The Hall–Kier alpha value is -1.27. The van der Waals surface area contributed by atoms with Crippen LogP contribution in [-0.4, -0.2) is 38.9 Å². The Morgan fingerprint density at radius 2 is 2.28 bits per heavy atom. The molecule has 0 aliphatic carbocycles. The first-order valence-electron chi connectivity index (χ1n) is 5.98. The SMILES string of the molecule is CN(c1cccc(O)c1)S(=O)(=O)CC1CCCN1. The summed E-state index contributed by atoms with van der Waals surface area (Å²) < 4.78 is 25.6. The van der Waals surface area contributed by atoms with Crippen LogP contribution < -0.4 is 9.62 Å². The van der Waals surface area contributed by atoms with Crippen molar-refractivity contribution in [3.8, 4) is 5.75 Å². The fraction of sp³-hybridized carbons (Fsp3) is 0.500. The standard InChI is InChI=1S/C12H18N2O3S/c1-14(11-5-2-6-12(15)8-11)18(16,17)9-10-4-3-7-13-10/h2,5-6,8,10,13,15H,3-4,7,9H2,1H3. The third-order valence-corrected chi connectivity index (χ3v) is 5.05. The van der Waals surface area contributed by atoms with E-state index in [0.29, 0.717) is 5.69 Å². The minimum absolute atomic E-state index is 0.0368. The van der Waals surface area contributed by atoms with Gasteiger partial charge in [-0.15, -0.1) is 0 Å². The third-order valence-electron chi connectivity index (χ3n) is 3.18. The van der Waals surface area contributed by atoms with Crippen LogP contribution in [0.5, 0.6) is 5.75 Å². The Kier molecular flexibility index (Phi) is 3.77. The van der Waals surface area contributed by atoms with Crippen LogP contribution >= 0.6 is 0 Å². The number of aromatic hydroxyl groups is 1. The Bertz CT molecular complexity index is 510. The van der Waals surface area contributed by atoms with Gasteiger partial charge < -0.3 is 10.4 Å². The molecule has 18 heavy (non-hydrogen) atoms. The van der Waals surface area contributed by atoms with Crippen molar-refractivity contribution in [3.63, 3.8) is 0 Å². The molecule has 0 spiro atoms. The third kappa shape index (κ3) is 2.94. The van der Waals surface area contributed by atoms with Crippen molar-refractivity contribution in [2.45, 2.75) is 18.9 Å². The van der Waals surface area contributed by atoms with E-state index < -0.39 is 10.0 Å². The number of phenols is 1. The van der Waals surface area contributed by atoms with Crippen LogP contribution in [0.3, 0.4) is 0 Å². The quantitative estimate of drug-likeness (QED) is 0.853. The summed E-state index contributed by atoms with van der Waals surface area (Å²) in [5.41, 5.74) is 0.480. The molecule has 0 radical (unpaired) electrons. The summed E-state index contributed by atoms with van der Waals surface area (Å²) in [6.07, 6.45) is 1.92. The first-order chi connectivity index (χ1) is 8.49. The molecule has 1 aromatic rings. The van der Waals surface area contributed by atoms with E-state index in [0.717, 1.165) is 19.4 Å². The van der Waals surface area contributed by atoms with Crippen molar-refractivity contribution in [1.82, 2.24) is 5.32 Å². The molecule has 2 N–H and O–H groups in total. The van der Waals surface area contributed by atoms with E-state index in [2.05, 4.69) is 5.32 Å². The summed E-state index contributed by atoms with van der Waals surface area (Å²) in [5.74, 6) is 0.160. The molecule has 1 fully saturated rings. The van der Waals surface area contributed by atoms with E-state index in [-0.39, 0.29) is 17.5 Å². The molecule has 5 nitrogen and oxygen atoms in total. The number of sulfonamides is 1. The van der Waals surface area contributed by atoms with Gasteiger partial charge in [0.1, 0.15) is 5.75 Å². The van der Waals surface area contributed by atoms with Gasteiger partial charge in [0.25, 0.3) is 0 Å². The summed E-state index contributed by atoms with van der Waals surface area (Å²) >= 11 is 0. The number of nitrogens with one attached hydrogen (secondary N) is 1. The van der Waals surface area contributed by atoms with Gasteiger partial charge in [-0.25, -0.2) is 8.42 Å². The number of phenolic OH excluding ortho intramolecular Hbond substituents is 1. The number of benzene rings is 1. The smallest absolute Gasteiger partial charge is 0.236 e. The molecule has 0 amide bonds. The maximum atomic E-state index is 12.2. The van der Waals surface area contributed by atoms with Crippen molar-refractivity contribution < 1.29 is 13.5 Å². The van der Waals surface area contributed by atoms with Gasteiger partial charge in [-0.2, -0.15) is 0 Å². The largest absolute Gasteiger partial charge is 0.508 e. The lowest BCUT2D eigenvalue weighted by molar-refractivity contribution is 0.475. The number of hydrogen-bond acceptors (Lipinski definition) is 4. The highest BCUT2D eigenvalue weighted by Crippen LogP contribution is 2.22. The molecule has 2 rings (SSSR count). The molecular weight excluding hydrogens is 252 g/mol. The second-order valence-electron chi connectivity index (χ2n) is 4.56. The molecule has 0 saturated carbocycles. The van der Waals surface area contributed by atoms with E-state index in [1.807, 2.05) is 0 Å². The van der Waals surface area contributed by atoms with E-state index in [1.54, 1.807) is 12.1 Å². The van der Waals surface area contributed by atoms with Gasteiger partial charge in [0.2, 0.25) is 10.0 Å². The molecular formula is C12H18N2O3S. The molecule has 1 atom stereocenters. The lowest BCUT2D eigenvalue weighted by Crippen LogP contribution is -2.37. The van der Waals surface area contributed by atoms with Crippen LogP contribution in [0.2, 0.25) is 0 Å². The average molecular weight is 270 g/mol. The van der Waals surface area contributed by atoms with Crippen LogP contribution in [0.1, 0.15) is 12.8 Å². The second kappa shape index (κ2) is 5.16. The Balaban J connectivity index is 2.13. The predicted molar refractivity (Wildman–Crippen MR) is 71.3 cm³/mol. The zero-order chi connectivity index (χ0) is 13.2. The Morgan fingerprint density at radius 1 is 1.50 bits per heavy atom. The van der Waals surface area contributed by atoms with Crippen molar-refractivity contribution in [1.29, 1.82) is 0 Å². The van der Waals surface area contributed by atoms with Crippen LogP contribution in [0.4, 0.5) is 5.69 Å². The highest BCUT2D eigenvalue weighted by molar-refractivity contribution is 7.92. The summed E-state index contributed by atoms with van der Waals surface area (Å²) in [5, 5.41) is 12.6. The fourth-order valence-electron chi connectivity index (χ4n) is 2.11. The van der Waals surface area contributed by atoms with Gasteiger partial charge in [-0.1, -0.05) is 6.07 Å². The summed E-state index contributed by atoms with van der Waals surface area (Å²) in [6.45, 7) is 0.885. The molecule has 0 aromatic heterocycles. The van der Waals surface area contributed by atoms with E-state index in [4.69, 9.17) is 0 Å². The van der Waals surface area contributed by atoms with Crippen LogP contribution in [0, 0.1) is 0 Å². The highest BCUT2D eigenvalue weighted by Gasteiger charge is 2.25. The minimum atomic E-state index is -3.35. The molecule has 1 saturated heterocycles. The first-order valence-corrected chi connectivity index (χ1v) is 7.59.